The Hall–Kier alpha value is -2.44. The Morgan fingerprint density at radius 2 is 2.17 bits per heavy atom. The molecule has 24 heavy (non-hydrogen) atoms. The number of amides is 2. The Morgan fingerprint density at radius 3 is 2.92 bits per heavy atom. The fourth-order valence-corrected chi connectivity index (χ4v) is 3.00. The minimum absolute atomic E-state index is 0.00630. The van der Waals surface area contributed by atoms with Crippen LogP contribution in [0.5, 0.6) is 11.5 Å². The molecule has 0 radical (unpaired) electrons. The zero-order valence-electron chi connectivity index (χ0n) is 13.7. The van der Waals surface area contributed by atoms with Crippen LogP contribution in [-0.2, 0) is 11.2 Å². The number of rotatable bonds is 5. The van der Waals surface area contributed by atoms with Gasteiger partial charge in [0, 0.05) is 19.1 Å². The summed E-state index contributed by atoms with van der Waals surface area (Å²) in [7, 11) is 0. The third-order valence-corrected chi connectivity index (χ3v) is 4.50. The molecule has 3 rings (SSSR count). The van der Waals surface area contributed by atoms with Crippen LogP contribution in [0.15, 0.2) is 18.2 Å². The monoisotopic (exact) mass is 334 g/mol. The zero-order valence-corrected chi connectivity index (χ0v) is 13.7. The van der Waals surface area contributed by atoms with E-state index < -0.39 is 11.9 Å². The van der Waals surface area contributed by atoms with E-state index in [0.29, 0.717) is 13.0 Å². The van der Waals surface area contributed by atoms with Crippen LogP contribution in [0.4, 0.5) is 4.79 Å². The van der Waals surface area contributed by atoms with E-state index in [9.17, 15) is 9.59 Å². The van der Waals surface area contributed by atoms with Gasteiger partial charge in [0.25, 0.3) is 0 Å². The molecule has 1 aromatic rings. The minimum Gasteiger partial charge on any atom is -0.481 e. The van der Waals surface area contributed by atoms with Crippen molar-refractivity contribution in [1.82, 2.24) is 10.2 Å². The smallest absolute Gasteiger partial charge is 0.317 e. The van der Waals surface area contributed by atoms with Crippen LogP contribution in [0.2, 0.25) is 0 Å². The van der Waals surface area contributed by atoms with Gasteiger partial charge in [0.15, 0.2) is 11.5 Å². The first-order valence-corrected chi connectivity index (χ1v) is 8.19. The quantitative estimate of drug-likeness (QED) is 0.858. The summed E-state index contributed by atoms with van der Waals surface area (Å²) < 4.78 is 10.6. The van der Waals surface area contributed by atoms with E-state index in [1.165, 1.54) is 0 Å². The zero-order chi connectivity index (χ0) is 17.1. The Labute approximate surface area is 140 Å². The van der Waals surface area contributed by atoms with E-state index >= 15 is 0 Å². The van der Waals surface area contributed by atoms with Gasteiger partial charge in [0.2, 0.25) is 6.79 Å². The summed E-state index contributed by atoms with van der Waals surface area (Å²) in [5.74, 6) is 0.254. The number of likely N-dealkylation sites (tertiary alicyclic amines) is 1. The van der Waals surface area contributed by atoms with E-state index in [0.717, 1.165) is 29.9 Å². The second-order valence-corrected chi connectivity index (χ2v) is 6.35. The first-order valence-electron chi connectivity index (χ1n) is 8.19. The van der Waals surface area contributed by atoms with Crippen molar-refractivity contribution in [2.45, 2.75) is 32.2 Å². The van der Waals surface area contributed by atoms with E-state index in [2.05, 4.69) is 5.32 Å². The second kappa shape index (κ2) is 6.98. The fraction of sp³-hybridized carbons (Fsp3) is 0.529. The van der Waals surface area contributed by atoms with Crippen LogP contribution < -0.4 is 14.8 Å². The van der Waals surface area contributed by atoms with Gasteiger partial charge >= 0.3 is 12.0 Å². The number of nitrogens with one attached hydrogen (secondary N) is 1. The third-order valence-electron chi connectivity index (χ3n) is 4.50. The summed E-state index contributed by atoms with van der Waals surface area (Å²) in [5.41, 5.74) is 1.13. The van der Waals surface area contributed by atoms with Gasteiger partial charge in [-0.3, -0.25) is 4.79 Å². The van der Waals surface area contributed by atoms with Gasteiger partial charge in [0.1, 0.15) is 0 Å². The molecule has 0 aliphatic carbocycles. The van der Waals surface area contributed by atoms with Gasteiger partial charge in [-0.1, -0.05) is 6.07 Å². The lowest BCUT2D eigenvalue weighted by molar-refractivity contribution is -0.141. The Bertz CT molecular complexity index is 633. The number of benzene rings is 1. The van der Waals surface area contributed by atoms with Crippen molar-refractivity contribution in [3.8, 4) is 11.5 Å². The largest absolute Gasteiger partial charge is 0.481 e. The van der Waals surface area contributed by atoms with Gasteiger partial charge in [-0.05, 0) is 43.9 Å². The molecule has 130 valence electrons. The number of aliphatic carboxylic acids is 1. The number of nitrogens with zero attached hydrogens (tertiary/aromatic N) is 1. The molecule has 0 aromatic heterocycles. The highest BCUT2D eigenvalue weighted by molar-refractivity contribution is 5.77. The van der Waals surface area contributed by atoms with Gasteiger partial charge in [-0.25, -0.2) is 4.79 Å². The van der Waals surface area contributed by atoms with Crippen LogP contribution in [-0.4, -0.2) is 47.9 Å². The van der Waals surface area contributed by atoms with Crippen molar-refractivity contribution in [2.75, 3.05) is 19.9 Å². The van der Waals surface area contributed by atoms with Crippen LogP contribution in [0, 0.1) is 5.92 Å². The molecule has 2 atom stereocenters. The number of aryl methyl sites for hydroxylation is 1. The lowest BCUT2D eigenvalue weighted by Gasteiger charge is -2.20. The molecule has 7 nitrogen and oxygen atoms in total. The average molecular weight is 334 g/mol. The van der Waals surface area contributed by atoms with Crippen LogP contribution in [0.1, 0.15) is 25.3 Å². The molecule has 2 aliphatic heterocycles. The Balaban J connectivity index is 1.45. The summed E-state index contributed by atoms with van der Waals surface area (Å²) in [6, 6.07) is 5.69. The topological polar surface area (TPSA) is 88.1 Å². The molecule has 0 bridgehead atoms. The minimum atomic E-state index is -0.832. The number of hydrogen-bond donors (Lipinski definition) is 2. The molecule has 2 N–H and O–H groups in total. The van der Waals surface area contributed by atoms with Crippen molar-refractivity contribution in [1.29, 1.82) is 0 Å². The lowest BCUT2D eigenvalue weighted by atomic mass is 10.1. The molecule has 2 amide bonds. The van der Waals surface area contributed by atoms with Crippen molar-refractivity contribution < 1.29 is 24.2 Å². The van der Waals surface area contributed by atoms with Gasteiger partial charge in [-0.2, -0.15) is 0 Å². The second-order valence-electron chi connectivity index (χ2n) is 6.35. The highest BCUT2D eigenvalue weighted by Crippen LogP contribution is 2.32. The molecule has 2 unspecified atom stereocenters. The molecule has 0 saturated carbocycles. The number of carboxylic acid groups (broad SMARTS) is 1. The van der Waals surface area contributed by atoms with Crippen molar-refractivity contribution >= 4 is 12.0 Å². The number of carbonyl (C=O) groups is 2. The first kappa shape index (κ1) is 16.4. The highest BCUT2D eigenvalue weighted by Gasteiger charge is 2.31. The molecule has 1 aromatic carbocycles. The average Bonchev–Trinajstić information content (AvgIpc) is 3.21. The Morgan fingerprint density at radius 1 is 1.38 bits per heavy atom. The van der Waals surface area contributed by atoms with E-state index in [-0.39, 0.29) is 25.4 Å². The van der Waals surface area contributed by atoms with Crippen LogP contribution in [0.25, 0.3) is 0 Å². The molecule has 0 spiro atoms. The standard InChI is InChI=1S/C17H22N2O5/c1-11(18-17(22)19-7-6-13(9-19)16(20)21)2-3-12-4-5-14-15(8-12)24-10-23-14/h4-5,8,11,13H,2-3,6-7,9-10H2,1H3,(H,18,22)(H,20,21). The number of urea groups is 1. The maximum atomic E-state index is 12.2. The van der Waals surface area contributed by atoms with Crippen LogP contribution >= 0.6 is 0 Å². The number of hydrogen-bond acceptors (Lipinski definition) is 4. The molecule has 1 fully saturated rings. The predicted molar refractivity (Wildman–Crippen MR) is 86.2 cm³/mol. The molecule has 7 heteroatoms. The van der Waals surface area contributed by atoms with Gasteiger partial charge in [-0.15, -0.1) is 0 Å². The van der Waals surface area contributed by atoms with Gasteiger partial charge in [0.05, 0.1) is 5.92 Å². The van der Waals surface area contributed by atoms with Crippen molar-refractivity contribution in [3.05, 3.63) is 23.8 Å². The Kier molecular flexibility index (Phi) is 4.78. The van der Waals surface area contributed by atoms with Crippen molar-refractivity contribution in [3.63, 3.8) is 0 Å². The maximum absolute atomic E-state index is 12.2. The molecule has 1 saturated heterocycles. The molecular formula is C17H22N2O5. The molecule has 2 aliphatic rings. The summed E-state index contributed by atoms with van der Waals surface area (Å²) in [6.07, 6.45) is 2.13. The molecular weight excluding hydrogens is 312 g/mol. The maximum Gasteiger partial charge on any atom is 0.317 e. The number of carboxylic acids is 1. The SMILES string of the molecule is CC(CCc1ccc2c(c1)OCO2)NC(=O)N1CCC(C(=O)O)C1. The fourth-order valence-electron chi connectivity index (χ4n) is 3.00. The van der Waals surface area contributed by atoms with E-state index in [1.807, 2.05) is 25.1 Å². The lowest BCUT2D eigenvalue weighted by Crippen LogP contribution is -2.43. The van der Waals surface area contributed by atoms with E-state index in [4.69, 9.17) is 14.6 Å². The summed E-state index contributed by atoms with van der Waals surface area (Å²) in [6.45, 7) is 3.00. The summed E-state index contributed by atoms with van der Waals surface area (Å²) in [4.78, 5) is 24.7. The molecule has 2 heterocycles. The van der Waals surface area contributed by atoms with Crippen LogP contribution in [0.3, 0.4) is 0 Å². The van der Waals surface area contributed by atoms with Crippen molar-refractivity contribution in [2.24, 2.45) is 5.92 Å². The summed E-state index contributed by atoms with van der Waals surface area (Å²) >= 11 is 0. The predicted octanol–water partition coefficient (Wildman–Crippen LogP) is 1.85. The number of fused-ring (bicyclic) bond motifs is 1. The van der Waals surface area contributed by atoms with E-state index in [1.54, 1.807) is 4.90 Å². The third kappa shape index (κ3) is 3.72. The summed E-state index contributed by atoms with van der Waals surface area (Å²) in [5, 5.41) is 11.9. The normalized spacial score (nSPS) is 20.0. The van der Waals surface area contributed by atoms with Gasteiger partial charge < -0.3 is 24.8 Å². The highest BCUT2D eigenvalue weighted by atomic mass is 16.7. The number of carbonyl (C=O) groups excluding carboxylic acids is 1. The first-order chi connectivity index (χ1) is 11.5. The number of ether oxygens (including phenoxy) is 2.